The highest BCUT2D eigenvalue weighted by Gasteiger charge is 2.11. The Labute approximate surface area is 145 Å². The highest BCUT2D eigenvalue weighted by Crippen LogP contribution is 2.34. The zero-order valence-corrected chi connectivity index (χ0v) is 13.9. The molecule has 0 aliphatic carbocycles. The Morgan fingerprint density at radius 3 is 1.92 bits per heavy atom. The Morgan fingerprint density at radius 2 is 1.33 bits per heavy atom. The maximum absolute atomic E-state index is 4.19. The maximum Gasteiger partial charge on any atom is -0.00992 e. The van der Waals surface area contributed by atoms with E-state index in [-0.39, 0.29) is 0 Å². The Balaban J connectivity index is 2.66. The second kappa shape index (κ2) is 8.50. The highest BCUT2D eigenvalue weighted by molar-refractivity contribution is 5.91. The van der Waals surface area contributed by atoms with Gasteiger partial charge >= 0.3 is 0 Å². The largest absolute Gasteiger partial charge is 0.0991 e. The van der Waals surface area contributed by atoms with Gasteiger partial charge in [0, 0.05) is 0 Å². The molecule has 0 nitrogen and oxygen atoms in total. The van der Waals surface area contributed by atoms with Gasteiger partial charge in [0.2, 0.25) is 0 Å². The first-order valence-corrected chi connectivity index (χ1v) is 7.85. The zero-order chi connectivity index (χ0) is 17.4. The minimum atomic E-state index is 0.952. The van der Waals surface area contributed by atoms with E-state index in [9.17, 15) is 0 Å². The van der Waals surface area contributed by atoms with Gasteiger partial charge in [0.15, 0.2) is 0 Å². The fourth-order valence-corrected chi connectivity index (χ4v) is 2.64. The number of rotatable bonds is 7. The zero-order valence-electron chi connectivity index (χ0n) is 13.9. The second-order valence-corrected chi connectivity index (χ2v) is 5.27. The number of allylic oxidation sites excluding steroid dienone is 8. The van der Waals surface area contributed by atoms with Gasteiger partial charge in [0.25, 0.3) is 0 Å². The molecule has 2 rings (SSSR count). The first-order chi connectivity index (χ1) is 11.7. The lowest BCUT2D eigenvalue weighted by atomic mass is 9.89. The van der Waals surface area contributed by atoms with Crippen LogP contribution in [0.15, 0.2) is 111 Å². The van der Waals surface area contributed by atoms with E-state index < -0.39 is 0 Å². The van der Waals surface area contributed by atoms with Crippen LogP contribution in [-0.4, -0.2) is 0 Å². The molecule has 2 aromatic carbocycles. The first-order valence-electron chi connectivity index (χ1n) is 7.85. The van der Waals surface area contributed by atoms with E-state index in [0.717, 1.165) is 33.4 Å². The molecule has 24 heavy (non-hydrogen) atoms. The van der Waals surface area contributed by atoms with E-state index in [0.29, 0.717) is 0 Å². The van der Waals surface area contributed by atoms with Crippen molar-refractivity contribution in [2.24, 2.45) is 0 Å². The minimum absolute atomic E-state index is 0.952. The van der Waals surface area contributed by atoms with Crippen molar-refractivity contribution in [1.82, 2.24) is 0 Å². The summed E-state index contributed by atoms with van der Waals surface area (Å²) in [6.07, 6.45) is 11.2. The Morgan fingerprint density at radius 1 is 0.750 bits per heavy atom. The van der Waals surface area contributed by atoms with Crippen molar-refractivity contribution in [2.75, 3.05) is 0 Å². The Hall–Kier alpha value is -3.12. The van der Waals surface area contributed by atoms with E-state index >= 15 is 0 Å². The van der Waals surface area contributed by atoms with Gasteiger partial charge in [-0.3, -0.25) is 0 Å². The summed E-state index contributed by atoms with van der Waals surface area (Å²) >= 11 is 0. The van der Waals surface area contributed by atoms with Crippen LogP contribution < -0.4 is 0 Å². The molecule has 0 spiro atoms. The number of benzene rings is 2. The molecule has 0 N–H and O–H groups in total. The van der Waals surface area contributed by atoms with E-state index in [1.54, 1.807) is 12.2 Å². The van der Waals surface area contributed by atoms with Crippen molar-refractivity contribution in [3.05, 3.63) is 122 Å². The topological polar surface area (TPSA) is 0 Å². The fraction of sp³-hybridized carbons (Fsp3) is 0. The molecular formula is C24H22. The van der Waals surface area contributed by atoms with Gasteiger partial charge < -0.3 is 0 Å². The lowest BCUT2D eigenvalue weighted by Crippen LogP contribution is -1.92. The molecule has 0 atom stereocenters. The number of hydrogen-bond donors (Lipinski definition) is 0. The van der Waals surface area contributed by atoms with E-state index in [4.69, 9.17) is 0 Å². The van der Waals surface area contributed by atoms with Gasteiger partial charge in [-0.05, 0) is 33.4 Å². The van der Waals surface area contributed by atoms with Crippen molar-refractivity contribution in [2.45, 2.75) is 0 Å². The van der Waals surface area contributed by atoms with Gasteiger partial charge in [-0.1, -0.05) is 111 Å². The van der Waals surface area contributed by atoms with Crippen LogP contribution in [0.3, 0.4) is 0 Å². The Bertz CT molecular complexity index is 829. The van der Waals surface area contributed by atoms with Crippen molar-refractivity contribution in [3.8, 4) is 11.1 Å². The average Bonchev–Trinajstić information content (AvgIpc) is 2.64. The molecular weight excluding hydrogens is 288 g/mol. The molecule has 0 saturated carbocycles. The van der Waals surface area contributed by atoms with Gasteiger partial charge in [0.1, 0.15) is 0 Å². The third-order valence-corrected chi connectivity index (χ3v) is 3.75. The molecule has 2 aromatic rings. The van der Waals surface area contributed by atoms with Crippen molar-refractivity contribution < 1.29 is 0 Å². The van der Waals surface area contributed by atoms with E-state index in [1.807, 2.05) is 48.6 Å². The highest BCUT2D eigenvalue weighted by atomic mass is 14.1. The van der Waals surface area contributed by atoms with Crippen LogP contribution in [-0.2, 0) is 0 Å². The van der Waals surface area contributed by atoms with Crippen molar-refractivity contribution in [3.63, 3.8) is 0 Å². The van der Waals surface area contributed by atoms with Crippen LogP contribution in [0.1, 0.15) is 11.1 Å². The van der Waals surface area contributed by atoms with Crippen LogP contribution in [0.5, 0.6) is 0 Å². The summed E-state index contributed by atoms with van der Waals surface area (Å²) < 4.78 is 0. The van der Waals surface area contributed by atoms with Gasteiger partial charge in [-0.15, -0.1) is 0 Å². The summed E-state index contributed by atoms with van der Waals surface area (Å²) in [5.41, 5.74) is 6.51. The van der Waals surface area contributed by atoms with E-state index in [2.05, 4.69) is 50.6 Å². The van der Waals surface area contributed by atoms with Gasteiger partial charge in [0.05, 0.1) is 0 Å². The van der Waals surface area contributed by atoms with Crippen LogP contribution >= 0.6 is 0 Å². The third-order valence-electron chi connectivity index (χ3n) is 3.75. The quantitative estimate of drug-likeness (QED) is 0.490. The normalized spacial score (nSPS) is 11.2. The van der Waals surface area contributed by atoms with Crippen LogP contribution in [0.4, 0.5) is 0 Å². The van der Waals surface area contributed by atoms with Crippen molar-refractivity contribution >= 4 is 11.1 Å². The summed E-state index contributed by atoms with van der Waals surface area (Å²) in [5.74, 6) is 0. The average molecular weight is 310 g/mol. The monoisotopic (exact) mass is 310 g/mol. The van der Waals surface area contributed by atoms with Crippen LogP contribution in [0, 0.1) is 0 Å². The fourth-order valence-electron chi connectivity index (χ4n) is 2.64. The summed E-state index contributed by atoms with van der Waals surface area (Å²) in [6.45, 7) is 15.6. The molecule has 0 amide bonds. The maximum atomic E-state index is 4.19. The molecule has 0 aliphatic heterocycles. The molecule has 0 aliphatic rings. The van der Waals surface area contributed by atoms with Crippen LogP contribution in [0.2, 0.25) is 0 Å². The molecule has 0 fully saturated rings. The molecule has 0 saturated heterocycles. The lowest BCUT2D eigenvalue weighted by Gasteiger charge is -2.15. The predicted octanol–water partition coefficient (Wildman–Crippen LogP) is 6.86. The molecule has 0 heteroatoms. The molecule has 118 valence electrons. The summed E-state index contributed by atoms with van der Waals surface area (Å²) in [6, 6.07) is 16.6. The van der Waals surface area contributed by atoms with Gasteiger partial charge in [-0.2, -0.15) is 0 Å². The van der Waals surface area contributed by atoms with E-state index in [1.165, 1.54) is 0 Å². The number of hydrogen-bond acceptors (Lipinski definition) is 0. The minimum Gasteiger partial charge on any atom is -0.0991 e. The van der Waals surface area contributed by atoms with Gasteiger partial charge in [-0.25, -0.2) is 0 Å². The SMILES string of the molecule is C=C/C=C\C(=C)c1ccccc1-c1ccccc1/C(C=C)=C/C=C. The standard InChI is InChI=1S/C24H22/c1-5-8-14-19(4)21-15-9-11-17-23(21)24-18-12-10-16-22(24)20(7-3)13-6-2/h5-18H,1-4H2/b14-8-,20-13+. The summed E-state index contributed by atoms with van der Waals surface area (Å²) in [7, 11) is 0. The third kappa shape index (κ3) is 3.80. The smallest absolute Gasteiger partial charge is 0.00992 e. The summed E-state index contributed by atoms with van der Waals surface area (Å²) in [5, 5.41) is 0. The molecule has 0 unspecified atom stereocenters. The summed E-state index contributed by atoms with van der Waals surface area (Å²) in [4.78, 5) is 0. The molecule has 0 heterocycles. The lowest BCUT2D eigenvalue weighted by molar-refractivity contribution is 1.54. The van der Waals surface area contributed by atoms with Crippen molar-refractivity contribution in [1.29, 1.82) is 0 Å². The second-order valence-electron chi connectivity index (χ2n) is 5.27. The Kier molecular flexibility index (Phi) is 6.10. The first kappa shape index (κ1) is 17.2. The molecule has 0 aromatic heterocycles. The molecule has 0 radical (unpaired) electrons. The van der Waals surface area contributed by atoms with Crippen LogP contribution in [0.25, 0.3) is 22.3 Å². The predicted molar refractivity (Wildman–Crippen MR) is 109 cm³/mol. The molecule has 0 bridgehead atoms.